The van der Waals surface area contributed by atoms with Crippen molar-refractivity contribution in [3.8, 4) is 5.88 Å². The van der Waals surface area contributed by atoms with Gasteiger partial charge in [-0.25, -0.2) is 9.97 Å². The molecule has 1 saturated heterocycles. The Morgan fingerprint density at radius 1 is 1.29 bits per heavy atom. The number of nitrogens with zero attached hydrogens (tertiary/aromatic N) is 3. The van der Waals surface area contributed by atoms with Gasteiger partial charge in [-0.15, -0.1) is 0 Å². The highest BCUT2D eigenvalue weighted by molar-refractivity contribution is 6.30. The van der Waals surface area contributed by atoms with Crippen LogP contribution in [-0.2, 0) is 0 Å². The van der Waals surface area contributed by atoms with Crippen molar-refractivity contribution in [3.05, 3.63) is 53.4 Å². The van der Waals surface area contributed by atoms with Crippen LogP contribution in [0, 0.1) is 0 Å². The van der Waals surface area contributed by atoms with Crippen LogP contribution >= 0.6 is 11.6 Å². The predicted octanol–water partition coefficient (Wildman–Crippen LogP) is 2.42. The summed E-state index contributed by atoms with van der Waals surface area (Å²) in [7, 11) is 0. The summed E-state index contributed by atoms with van der Waals surface area (Å²) in [4.78, 5) is 22.0. The fourth-order valence-corrected chi connectivity index (χ4v) is 2.43. The predicted molar refractivity (Wildman–Crippen MR) is 78.4 cm³/mol. The number of likely N-dealkylation sites (tertiary alicyclic amines) is 1. The molecule has 2 aromatic rings. The number of benzene rings is 1. The van der Waals surface area contributed by atoms with Crippen molar-refractivity contribution >= 4 is 17.5 Å². The monoisotopic (exact) mass is 303 g/mol. The molecule has 3 rings (SSSR count). The summed E-state index contributed by atoms with van der Waals surface area (Å²) < 4.78 is 5.74. The Hall–Kier alpha value is -2.14. The van der Waals surface area contributed by atoms with Gasteiger partial charge in [0.05, 0.1) is 6.54 Å². The third-order valence-electron chi connectivity index (χ3n) is 3.37. The Morgan fingerprint density at radius 2 is 2.10 bits per heavy atom. The van der Waals surface area contributed by atoms with Gasteiger partial charge >= 0.3 is 0 Å². The highest BCUT2D eigenvalue weighted by Crippen LogP contribution is 2.19. The van der Waals surface area contributed by atoms with Crippen molar-refractivity contribution in [2.75, 3.05) is 13.1 Å². The van der Waals surface area contributed by atoms with Crippen molar-refractivity contribution in [2.24, 2.45) is 0 Å². The largest absolute Gasteiger partial charge is 0.472 e. The summed E-state index contributed by atoms with van der Waals surface area (Å²) in [6.45, 7) is 1.24. The molecular weight excluding hydrogens is 290 g/mol. The van der Waals surface area contributed by atoms with Crippen molar-refractivity contribution in [1.29, 1.82) is 0 Å². The Balaban J connectivity index is 1.61. The number of amides is 1. The third kappa shape index (κ3) is 3.31. The second-order valence-electron chi connectivity index (χ2n) is 4.83. The maximum atomic E-state index is 12.4. The first kappa shape index (κ1) is 13.8. The van der Waals surface area contributed by atoms with E-state index in [0.717, 1.165) is 6.42 Å². The summed E-state index contributed by atoms with van der Waals surface area (Å²) in [6, 6.07) is 8.63. The van der Waals surface area contributed by atoms with Crippen LogP contribution < -0.4 is 4.74 Å². The Bertz CT molecular complexity index is 619. The SMILES string of the molecule is O=C(c1ccc(Cl)cc1)N1CC[C@H](Oc2ccncn2)C1. The first-order chi connectivity index (χ1) is 10.2. The van der Waals surface area contributed by atoms with Crippen molar-refractivity contribution in [3.63, 3.8) is 0 Å². The Kier molecular flexibility index (Phi) is 4.01. The molecule has 1 aromatic carbocycles. The van der Waals surface area contributed by atoms with E-state index in [-0.39, 0.29) is 12.0 Å². The van der Waals surface area contributed by atoms with E-state index in [1.165, 1.54) is 6.33 Å². The molecular formula is C15H14ClN3O2. The number of aromatic nitrogens is 2. The smallest absolute Gasteiger partial charge is 0.253 e. The number of hydrogen-bond donors (Lipinski definition) is 0. The van der Waals surface area contributed by atoms with Crippen molar-refractivity contribution in [2.45, 2.75) is 12.5 Å². The normalized spacial score (nSPS) is 17.8. The molecule has 0 saturated carbocycles. The van der Waals surface area contributed by atoms with Gasteiger partial charge in [-0.05, 0) is 24.3 Å². The zero-order chi connectivity index (χ0) is 14.7. The van der Waals surface area contributed by atoms with E-state index < -0.39 is 0 Å². The van der Waals surface area contributed by atoms with Crippen LogP contribution in [-0.4, -0.2) is 40.0 Å². The minimum atomic E-state index is -0.0313. The van der Waals surface area contributed by atoms with E-state index in [4.69, 9.17) is 16.3 Å². The molecule has 0 spiro atoms. The fraction of sp³-hybridized carbons (Fsp3) is 0.267. The number of hydrogen-bond acceptors (Lipinski definition) is 4. The van der Waals surface area contributed by atoms with Gasteiger partial charge in [0.2, 0.25) is 5.88 Å². The van der Waals surface area contributed by atoms with Crippen molar-refractivity contribution < 1.29 is 9.53 Å². The summed E-state index contributed by atoms with van der Waals surface area (Å²) in [6.07, 6.45) is 3.84. The molecule has 1 amide bonds. The van der Waals surface area contributed by atoms with E-state index in [0.29, 0.717) is 29.6 Å². The zero-order valence-electron chi connectivity index (χ0n) is 11.3. The number of carbonyl (C=O) groups is 1. The van der Waals surface area contributed by atoms with Crippen LogP contribution in [0.1, 0.15) is 16.8 Å². The lowest BCUT2D eigenvalue weighted by atomic mass is 10.2. The molecule has 5 nitrogen and oxygen atoms in total. The summed E-state index contributed by atoms with van der Waals surface area (Å²) >= 11 is 5.83. The summed E-state index contributed by atoms with van der Waals surface area (Å²) in [5.41, 5.74) is 0.641. The van der Waals surface area contributed by atoms with Crippen LogP contribution in [0.25, 0.3) is 0 Å². The van der Waals surface area contributed by atoms with Crippen LogP contribution in [0.3, 0.4) is 0 Å². The number of ether oxygens (including phenoxy) is 1. The van der Waals surface area contributed by atoms with Gasteiger partial charge < -0.3 is 9.64 Å². The molecule has 1 atom stereocenters. The molecule has 108 valence electrons. The van der Waals surface area contributed by atoms with E-state index in [9.17, 15) is 4.79 Å². The minimum absolute atomic E-state index is 0.000421. The maximum absolute atomic E-state index is 12.4. The van der Waals surface area contributed by atoms with E-state index >= 15 is 0 Å². The third-order valence-corrected chi connectivity index (χ3v) is 3.62. The van der Waals surface area contributed by atoms with Gasteiger partial charge in [-0.1, -0.05) is 11.6 Å². The van der Waals surface area contributed by atoms with E-state index in [2.05, 4.69) is 9.97 Å². The first-order valence-electron chi connectivity index (χ1n) is 6.70. The second kappa shape index (κ2) is 6.10. The van der Waals surface area contributed by atoms with Gasteiger partial charge in [0.1, 0.15) is 12.4 Å². The standard InChI is InChI=1S/C15H14ClN3O2/c16-12-3-1-11(2-4-12)15(20)19-8-6-13(9-19)21-14-5-7-17-10-18-14/h1-5,7,10,13H,6,8-9H2/t13-/m0/s1. The lowest BCUT2D eigenvalue weighted by Crippen LogP contribution is -2.31. The Labute approximate surface area is 127 Å². The lowest BCUT2D eigenvalue weighted by Gasteiger charge is -2.17. The molecule has 0 bridgehead atoms. The molecule has 2 heterocycles. The van der Waals surface area contributed by atoms with E-state index in [1.54, 1.807) is 41.4 Å². The van der Waals surface area contributed by atoms with Crippen LogP contribution in [0.15, 0.2) is 42.9 Å². The van der Waals surface area contributed by atoms with Gasteiger partial charge in [-0.3, -0.25) is 4.79 Å². The molecule has 0 N–H and O–H groups in total. The van der Waals surface area contributed by atoms with Gasteiger partial charge in [-0.2, -0.15) is 0 Å². The molecule has 0 aliphatic carbocycles. The highest BCUT2D eigenvalue weighted by Gasteiger charge is 2.28. The topological polar surface area (TPSA) is 55.3 Å². The zero-order valence-corrected chi connectivity index (χ0v) is 12.0. The first-order valence-corrected chi connectivity index (χ1v) is 7.08. The molecule has 1 aromatic heterocycles. The second-order valence-corrected chi connectivity index (χ2v) is 5.27. The Morgan fingerprint density at radius 3 is 2.81 bits per heavy atom. The molecule has 6 heteroatoms. The molecule has 21 heavy (non-hydrogen) atoms. The van der Waals surface area contributed by atoms with Crippen LogP contribution in [0.2, 0.25) is 5.02 Å². The number of rotatable bonds is 3. The average molecular weight is 304 g/mol. The summed E-state index contributed by atoms with van der Waals surface area (Å²) in [5, 5.41) is 0.623. The quantitative estimate of drug-likeness (QED) is 0.874. The van der Waals surface area contributed by atoms with Crippen molar-refractivity contribution in [1.82, 2.24) is 14.9 Å². The van der Waals surface area contributed by atoms with Crippen LogP contribution in [0.4, 0.5) is 0 Å². The molecule has 1 aliphatic rings. The minimum Gasteiger partial charge on any atom is -0.472 e. The molecule has 1 aliphatic heterocycles. The fourth-order valence-electron chi connectivity index (χ4n) is 2.30. The van der Waals surface area contributed by atoms with Gasteiger partial charge in [0.25, 0.3) is 5.91 Å². The van der Waals surface area contributed by atoms with Gasteiger partial charge in [0, 0.05) is 35.8 Å². The van der Waals surface area contributed by atoms with E-state index in [1.807, 2.05) is 0 Å². The molecule has 0 unspecified atom stereocenters. The lowest BCUT2D eigenvalue weighted by molar-refractivity contribution is 0.0771. The molecule has 1 fully saturated rings. The number of carbonyl (C=O) groups excluding carboxylic acids is 1. The highest BCUT2D eigenvalue weighted by atomic mass is 35.5. The average Bonchev–Trinajstić information content (AvgIpc) is 2.97. The maximum Gasteiger partial charge on any atom is 0.253 e. The van der Waals surface area contributed by atoms with Crippen LogP contribution in [0.5, 0.6) is 5.88 Å². The van der Waals surface area contributed by atoms with Gasteiger partial charge in [0.15, 0.2) is 0 Å². The summed E-state index contributed by atoms with van der Waals surface area (Å²) in [5.74, 6) is 0.538. The molecule has 0 radical (unpaired) electrons. The number of halogens is 1.